The number of piperidine rings is 1. The Morgan fingerprint density at radius 2 is 1.83 bits per heavy atom. The molecule has 5 rings (SSSR count). The quantitative estimate of drug-likeness (QED) is 0.434. The predicted octanol–water partition coefficient (Wildman–Crippen LogP) is 4.49. The zero-order valence-corrected chi connectivity index (χ0v) is 20.2. The van der Waals surface area contributed by atoms with Gasteiger partial charge in [-0.3, -0.25) is 9.59 Å². The Kier molecular flexibility index (Phi) is 6.03. The molecule has 0 saturated carbocycles. The molecule has 0 radical (unpaired) electrons. The lowest BCUT2D eigenvalue weighted by atomic mass is 9.96. The average Bonchev–Trinajstić information content (AvgIpc) is 3.23. The van der Waals surface area contributed by atoms with Crippen molar-refractivity contribution in [1.29, 1.82) is 0 Å². The van der Waals surface area contributed by atoms with Crippen LogP contribution in [0.1, 0.15) is 41.5 Å². The molecule has 35 heavy (non-hydrogen) atoms. The predicted molar refractivity (Wildman–Crippen MR) is 136 cm³/mol. The van der Waals surface area contributed by atoms with Crippen molar-refractivity contribution in [3.05, 3.63) is 71.5 Å². The number of benzene rings is 2. The molecule has 8 nitrogen and oxygen atoms in total. The lowest BCUT2D eigenvalue weighted by Gasteiger charge is -2.32. The fourth-order valence-corrected chi connectivity index (χ4v) is 4.79. The highest BCUT2D eigenvalue weighted by atomic mass is 16.2. The van der Waals surface area contributed by atoms with E-state index in [1.807, 2.05) is 48.9 Å². The number of Topliss-reactive ketones (excluding diaryl/α,β-unsaturated/α-hetero) is 1. The zero-order chi connectivity index (χ0) is 24.5. The summed E-state index contributed by atoms with van der Waals surface area (Å²) in [4.78, 5) is 26.9. The van der Waals surface area contributed by atoms with Gasteiger partial charge in [-0.05, 0) is 57.9 Å². The summed E-state index contributed by atoms with van der Waals surface area (Å²) in [5, 5.41) is 17.9. The van der Waals surface area contributed by atoms with Gasteiger partial charge in [-0.25, -0.2) is 4.68 Å². The molecule has 8 heteroatoms. The third kappa shape index (κ3) is 4.39. The van der Waals surface area contributed by atoms with Crippen molar-refractivity contribution in [3.63, 3.8) is 0 Å². The number of amides is 1. The maximum atomic E-state index is 13.1. The van der Waals surface area contributed by atoms with Crippen LogP contribution in [-0.2, 0) is 4.79 Å². The molecule has 1 aliphatic rings. The van der Waals surface area contributed by atoms with E-state index < -0.39 is 0 Å². The van der Waals surface area contributed by atoms with E-state index in [0.29, 0.717) is 23.6 Å². The van der Waals surface area contributed by atoms with Crippen LogP contribution in [0.5, 0.6) is 0 Å². The van der Waals surface area contributed by atoms with Crippen LogP contribution in [0.15, 0.2) is 54.6 Å². The first-order valence-corrected chi connectivity index (χ1v) is 11.9. The van der Waals surface area contributed by atoms with Gasteiger partial charge in [0.05, 0.1) is 28.4 Å². The Balaban J connectivity index is 1.42. The van der Waals surface area contributed by atoms with Gasteiger partial charge >= 0.3 is 0 Å². The summed E-state index contributed by atoms with van der Waals surface area (Å²) >= 11 is 0. The first kappa shape index (κ1) is 22.7. The SMILES string of the molecule is CC(=O)c1cccc(NC(=O)[C@@H]2CCCN(c3nnc(C)c4c(C)n(-c5ccccc5)nc34)C2)c1. The van der Waals surface area contributed by atoms with Crippen LogP contribution in [0.2, 0.25) is 0 Å². The maximum Gasteiger partial charge on any atom is 0.229 e. The number of rotatable bonds is 5. The first-order chi connectivity index (χ1) is 16.9. The van der Waals surface area contributed by atoms with Gasteiger partial charge in [-0.15, -0.1) is 5.10 Å². The summed E-state index contributed by atoms with van der Waals surface area (Å²) in [6.07, 6.45) is 1.65. The number of carbonyl (C=O) groups excluding carboxylic acids is 2. The second kappa shape index (κ2) is 9.29. The number of nitrogens with one attached hydrogen (secondary N) is 1. The Bertz CT molecular complexity index is 1410. The van der Waals surface area contributed by atoms with Gasteiger partial charge in [0.2, 0.25) is 5.91 Å². The van der Waals surface area contributed by atoms with Crippen molar-refractivity contribution in [3.8, 4) is 5.69 Å². The minimum Gasteiger partial charge on any atom is -0.352 e. The highest BCUT2D eigenvalue weighted by Crippen LogP contribution is 2.31. The molecule has 1 saturated heterocycles. The number of fused-ring (bicyclic) bond motifs is 1. The number of nitrogens with zero attached hydrogens (tertiary/aromatic N) is 5. The molecule has 1 amide bonds. The number of anilines is 2. The van der Waals surface area contributed by atoms with Gasteiger partial charge < -0.3 is 10.2 Å². The minimum atomic E-state index is -0.208. The highest BCUT2D eigenvalue weighted by Gasteiger charge is 2.29. The van der Waals surface area contributed by atoms with Gasteiger partial charge in [-0.2, -0.15) is 10.2 Å². The number of ketones is 1. The van der Waals surface area contributed by atoms with E-state index in [2.05, 4.69) is 20.4 Å². The van der Waals surface area contributed by atoms with Gasteiger partial charge in [0.15, 0.2) is 11.6 Å². The lowest BCUT2D eigenvalue weighted by Crippen LogP contribution is -2.41. The van der Waals surface area contributed by atoms with Crippen molar-refractivity contribution in [2.75, 3.05) is 23.3 Å². The molecule has 0 unspecified atom stereocenters. The van der Waals surface area contributed by atoms with E-state index in [4.69, 9.17) is 5.10 Å². The smallest absolute Gasteiger partial charge is 0.229 e. The van der Waals surface area contributed by atoms with Gasteiger partial charge in [0.25, 0.3) is 0 Å². The topological polar surface area (TPSA) is 93.0 Å². The number of aryl methyl sites for hydroxylation is 2. The van der Waals surface area contributed by atoms with Gasteiger partial charge in [0, 0.05) is 24.3 Å². The normalized spacial score (nSPS) is 15.9. The molecule has 0 bridgehead atoms. The third-order valence-electron chi connectivity index (χ3n) is 6.61. The standard InChI is InChI=1S/C27H28N6O2/c1-17-24-18(2)33(23-12-5-4-6-13-23)31-25(24)26(30-29-17)32-14-8-10-21(16-32)27(35)28-22-11-7-9-20(15-22)19(3)34/h4-7,9,11-13,15,21H,8,10,14,16H2,1-3H3,(H,28,35)/t21-/m1/s1. The Hall–Kier alpha value is -4.07. The molecule has 1 N–H and O–H groups in total. The van der Waals surface area contributed by atoms with E-state index in [-0.39, 0.29) is 17.6 Å². The summed E-state index contributed by atoms with van der Waals surface area (Å²) in [6.45, 7) is 6.83. The third-order valence-corrected chi connectivity index (χ3v) is 6.61. The van der Waals surface area contributed by atoms with Crippen molar-refractivity contribution >= 4 is 34.1 Å². The van der Waals surface area contributed by atoms with Crippen LogP contribution in [0, 0.1) is 19.8 Å². The molecule has 3 heterocycles. The molecule has 2 aromatic heterocycles. The van der Waals surface area contributed by atoms with Crippen molar-refractivity contribution in [2.45, 2.75) is 33.6 Å². The number of hydrogen-bond donors (Lipinski definition) is 1. The van der Waals surface area contributed by atoms with Crippen LogP contribution >= 0.6 is 0 Å². The number of carbonyl (C=O) groups is 2. The summed E-state index contributed by atoms with van der Waals surface area (Å²) in [5.41, 5.74) is 4.84. The number of para-hydroxylation sites is 1. The molecule has 1 fully saturated rings. The Morgan fingerprint density at radius 3 is 2.60 bits per heavy atom. The molecule has 1 atom stereocenters. The second-order valence-electron chi connectivity index (χ2n) is 9.08. The monoisotopic (exact) mass is 468 g/mol. The second-order valence-corrected chi connectivity index (χ2v) is 9.08. The Morgan fingerprint density at radius 1 is 1.03 bits per heavy atom. The van der Waals surface area contributed by atoms with Crippen molar-refractivity contribution in [2.24, 2.45) is 5.92 Å². The van der Waals surface area contributed by atoms with Gasteiger partial charge in [-0.1, -0.05) is 30.3 Å². The fraction of sp³-hybridized carbons (Fsp3) is 0.296. The maximum absolute atomic E-state index is 13.1. The first-order valence-electron chi connectivity index (χ1n) is 11.9. The van der Waals surface area contributed by atoms with E-state index in [0.717, 1.165) is 47.4 Å². The van der Waals surface area contributed by atoms with Crippen LogP contribution in [0.4, 0.5) is 11.5 Å². The molecule has 0 aliphatic carbocycles. The van der Waals surface area contributed by atoms with E-state index in [1.165, 1.54) is 6.92 Å². The van der Waals surface area contributed by atoms with Crippen molar-refractivity contribution in [1.82, 2.24) is 20.0 Å². The number of hydrogen-bond acceptors (Lipinski definition) is 6. The largest absolute Gasteiger partial charge is 0.352 e. The number of aromatic nitrogens is 4. The summed E-state index contributed by atoms with van der Waals surface area (Å²) < 4.78 is 1.93. The van der Waals surface area contributed by atoms with E-state index >= 15 is 0 Å². The molecule has 4 aromatic rings. The van der Waals surface area contributed by atoms with E-state index in [1.54, 1.807) is 24.3 Å². The van der Waals surface area contributed by atoms with Crippen molar-refractivity contribution < 1.29 is 9.59 Å². The lowest BCUT2D eigenvalue weighted by molar-refractivity contribution is -0.120. The van der Waals surface area contributed by atoms with E-state index in [9.17, 15) is 9.59 Å². The highest BCUT2D eigenvalue weighted by molar-refractivity contribution is 5.98. The van der Waals surface area contributed by atoms with Gasteiger partial charge in [0.1, 0.15) is 5.52 Å². The Labute approximate surface area is 204 Å². The summed E-state index contributed by atoms with van der Waals surface area (Å²) in [6, 6.07) is 17.1. The molecule has 2 aromatic carbocycles. The summed E-state index contributed by atoms with van der Waals surface area (Å²) in [7, 11) is 0. The molecular weight excluding hydrogens is 440 g/mol. The minimum absolute atomic E-state index is 0.0304. The van der Waals surface area contributed by atoms with Crippen LogP contribution in [0.3, 0.4) is 0 Å². The molecule has 1 aliphatic heterocycles. The van der Waals surface area contributed by atoms with Crippen LogP contribution in [-0.4, -0.2) is 44.8 Å². The molecular formula is C27H28N6O2. The molecule has 0 spiro atoms. The van der Waals surface area contributed by atoms with Crippen LogP contribution < -0.4 is 10.2 Å². The average molecular weight is 469 g/mol. The summed E-state index contributed by atoms with van der Waals surface area (Å²) in [5.74, 6) is 0.412. The van der Waals surface area contributed by atoms with Crippen LogP contribution in [0.25, 0.3) is 16.6 Å². The zero-order valence-electron chi connectivity index (χ0n) is 20.2. The molecule has 178 valence electrons. The fourth-order valence-electron chi connectivity index (χ4n) is 4.79.